The number of alkyl halides is 3. The zero-order valence-corrected chi connectivity index (χ0v) is 12.6. The van der Waals surface area contributed by atoms with Crippen molar-refractivity contribution in [1.82, 2.24) is 10.2 Å². The summed E-state index contributed by atoms with van der Waals surface area (Å²) in [6, 6.07) is 3.71. The summed E-state index contributed by atoms with van der Waals surface area (Å²) in [5.41, 5.74) is 0.0143. The van der Waals surface area contributed by atoms with Crippen LogP contribution in [0, 0.1) is 0 Å². The minimum atomic E-state index is -4.29. The van der Waals surface area contributed by atoms with Gasteiger partial charge in [0.25, 0.3) is 0 Å². The Kier molecular flexibility index (Phi) is 6.29. The quantitative estimate of drug-likeness (QED) is 0.798. The van der Waals surface area contributed by atoms with Crippen LogP contribution in [0.15, 0.2) is 22.7 Å². The van der Waals surface area contributed by atoms with Gasteiger partial charge in [0.2, 0.25) is 0 Å². The molecule has 2 nitrogen and oxygen atoms in total. The van der Waals surface area contributed by atoms with Crippen molar-refractivity contribution in [3.05, 3.63) is 33.8 Å². The molecule has 1 rings (SSSR count). The van der Waals surface area contributed by atoms with Gasteiger partial charge in [0.15, 0.2) is 0 Å². The molecule has 6 heteroatoms. The lowest BCUT2D eigenvalue weighted by molar-refractivity contribution is -0.137. The molecule has 0 atom stereocenters. The van der Waals surface area contributed by atoms with Gasteiger partial charge in [-0.3, -0.25) is 0 Å². The molecule has 0 aliphatic carbocycles. The third-order valence-corrected chi connectivity index (χ3v) is 3.42. The van der Waals surface area contributed by atoms with E-state index in [0.29, 0.717) is 16.6 Å². The van der Waals surface area contributed by atoms with E-state index in [0.717, 1.165) is 25.6 Å². The first-order valence-electron chi connectivity index (χ1n) is 6.02. The van der Waals surface area contributed by atoms with Crippen LogP contribution < -0.4 is 5.32 Å². The summed E-state index contributed by atoms with van der Waals surface area (Å²) in [4.78, 5) is 2.07. The molecule has 19 heavy (non-hydrogen) atoms. The Bertz CT molecular complexity index is 405. The highest BCUT2D eigenvalue weighted by atomic mass is 79.9. The Hall–Kier alpha value is -0.590. The predicted octanol–water partition coefficient (Wildman–Crippen LogP) is 3.51. The van der Waals surface area contributed by atoms with E-state index in [4.69, 9.17) is 0 Å². The number of benzene rings is 1. The van der Waals surface area contributed by atoms with Gasteiger partial charge in [-0.15, -0.1) is 0 Å². The average molecular weight is 339 g/mol. The molecule has 0 aromatic heterocycles. The van der Waals surface area contributed by atoms with E-state index < -0.39 is 11.7 Å². The standard InChI is InChI=1S/C13H18BrF3N2/c1-19(2)7-3-6-18-9-10-8-11(13(15,16)17)4-5-12(10)14/h4-5,8,18H,3,6-7,9H2,1-2H3. The fourth-order valence-electron chi connectivity index (χ4n) is 1.63. The molecular formula is C13H18BrF3N2. The van der Waals surface area contributed by atoms with Gasteiger partial charge in [-0.25, -0.2) is 0 Å². The lowest BCUT2D eigenvalue weighted by Gasteiger charge is -2.12. The second-order valence-electron chi connectivity index (χ2n) is 4.64. The molecule has 0 fully saturated rings. The molecule has 1 aromatic carbocycles. The van der Waals surface area contributed by atoms with Crippen LogP contribution in [-0.4, -0.2) is 32.1 Å². The van der Waals surface area contributed by atoms with E-state index in [1.165, 1.54) is 12.1 Å². The van der Waals surface area contributed by atoms with Crippen LogP contribution >= 0.6 is 15.9 Å². The molecule has 1 aromatic rings. The predicted molar refractivity (Wildman–Crippen MR) is 74.0 cm³/mol. The molecule has 0 unspecified atom stereocenters. The molecule has 0 saturated carbocycles. The van der Waals surface area contributed by atoms with Crippen LogP contribution in [0.2, 0.25) is 0 Å². The molecule has 0 spiro atoms. The highest BCUT2D eigenvalue weighted by Gasteiger charge is 2.30. The molecular weight excluding hydrogens is 321 g/mol. The highest BCUT2D eigenvalue weighted by molar-refractivity contribution is 9.10. The number of nitrogens with zero attached hydrogens (tertiary/aromatic N) is 1. The van der Waals surface area contributed by atoms with Gasteiger partial charge in [0.1, 0.15) is 0 Å². The van der Waals surface area contributed by atoms with E-state index in [1.54, 1.807) is 0 Å². The molecule has 108 valence electrons. The number of hydrogen-bond donors (Lipinski definition) is 1. The van der Waals surface area contributed by atoms with Crippen molar-refractivity contribution in [2.45, 2.75) is 19.1 Å². The van der Waals surface area contributed by atoms with E-state index in [2.05, 4.69) is 26.1 Å². The maximum absolute atomic E-state index is 12.6. The van der Waals surface area contributed by atoms with Crippen LogP contribution in [0.4, 0.5) is 13.2 Å². The van der Waals surface area contributed by atoms with Gasteiger partial charge in [-0.05, 0) is 57.4 Å². The second kappa shape index (κ2) is 7.26. The maximum atomic E-state index is 12.6. The zero-order chi connectivity index (χ0) is 14.5. The fraction of sp³-hybridized carbons (Fsp3) is 0.538. The van der Waals surface area contributed by atoms with Gasteiger partial charge in [0, 0.05) is 11.0 Å². The summed E-state index contributed by atoms with van der Waals surface area (Å²) < 4.78 is 38.5. The summed E-state index contributed by atoms with van der Waals surface area (Å²) in [6.45, 7) is 2.16. The lowest BCUT2D eigenvalue weighted by Crippen LogP contribution is -2.21. The number of rotatable bonds is 6. The first kappa shape index (κ1) is 16.5. The fourth-order valence-corrected chi connectivity index (χ4v) is 2.02. The van der Waals surface area contributed by atoms with E-state index in [-0.39, 0.29) is 0 Å². The Morgan fingerprint density at radius 2 is 1.95 bits per heavy atom. The van der Waals surface area contributed by atoms with Crippen molar-refractivity contribution < 1.29 is 13.2 Å². The molecule has 0 heterocycles. The number of halogens is 4. The van der Waals surface area contributed by atoms with Crippen molar-refractivity contribution in [1.29, 1.82) is 0 Å². The monoisotopic (exact) mass is 338 g/mol. The number of nitrogens with one attached hydrogen (secondary N) is 1. The Labute approximate surface area is 120 Å². The van der Waals surface area contributed by atoms with Crippen molar-refractivity contribution in [2.75, 3.05) is 27.2 Å². The largest absolute Gasteiger partial charge is 0.416 e. The first-order chi connectivity index (χ1) is 8.80. The smallest absolute Gasteiger partial charge is 0.313 e. The summed E-state index contributed by atoms with van der Waals surface area (Å²) >= 11 is 3.27. The minimum Gasteiger partial charge on any atom is -0.313 e. The van der Waals surface area contributed by atoms with Crippen LogP contribution in [0.3, 0.4) is 0 Å². The lowest BCUT2D eigenvalue weighted by atomic mass is 10.1. The summed E-state index contributed by atoms with van der Waals surface area (Å²) in [5, 5.41) is 3.15. The van der Waals surface area contributed by atoms with Crippen molar-refractivity contribution in [3.63, 3.8) is 0 Å². The third kappa shape index (κ3) is 5.93. The van der Waals surface area contributed by atoms with Crippen molar-refractivity contribution in [2.24, 2.45) is 0 Å². The first-order valence-corrected chi connectivity index (χ1v) is 6.81. The summed E-state index contributed by atoms with van der Waals surface area (Å²) in [6.07, 6.45) is -3.33. The maximum Gasteiger partial charge on any atom is 0.416 e. The molecule has 0 saturated heterocycles. The third-order valence-electron chi connectivity index (χ3n) is 2.65. The SMILES string of the molecule is CN(C)CCCNCc1cc(C(F)(F)F)ccc1Br. The van der Waals surface area contributed by atoms with E-state index in [1.807, 2.05) is 14.1 Å². The normalized spacial score (nSPS) is 12.2. The zero-order valence-electron chi connectivity index (χ0n) is 11.0. The van der Waals surface area contributed by atoms with Gasteiger partial charge in [-0.1, -0.05) is 15.9 Å². The van der Waals surface area contributed by atoms with Crippen molar-refractivity contribution >= 4 is 15.9 Å². The van der Waals surface area contributed by atoms with E-state index in [9.17, 15) is 13.2 Å². The van der Waals surface area contributed by atoms with Crippen LogP contribution in [0.1, 0.15) is 17.5 Å². The Morgan fingerprint density at radius 1 is 1.26 bits per heavy atom. The molecule has 0 amide bonds. The van der Waals surface area contributed by atoms with Gasteiger partial charge in [-0.2, -0.15) is 13.2 Å². The van der Waals surface area contributed by atoms with Crippen LogP contribution in [-0.2, 0) is 12.7 Å². The van der Waals surface area contributed by atoms with Gasteiger partial charge in [0.05, 0.1) is 5.56 Å². The van der Waals surface area contributed by atoms with Gasteiger partial charge < -0.3 is 10.2 Å². The Morgan fingerprint density at radius 3 is 2.53 bits per heavy atom. The summed E-state index contributed by atoms with van der Waals surface area (Å²) in [5.74, 6) is 0. The van der Waals surface area contributed by atoms with E-state index >= 15 is 0 Å². The number of hydrogen-bond acceptors (Lipinski definition) is 2. The topological polar surface area (TPSA) is 15.3 Å². The Balaban J connectivity index is 2.53. The average Bonchev–Trinajstić information content (AvgIpc) is 2.29. The second-order valence-corrected chi connectivity index (χ2v) is 5.49. The highest BCUT2D eigenvalue weighted by Crippen LogP contribution is 2.31. The molecule has 0 radical (unpaired) electrons. The van der Waals surface area contributed by atoms with Crippen LogP contribution in [0.5, 0.6) is 0 Å². The minimum absolute atomic E-state index is 0.429. The van der Waals surface area contributed by atoms with Gasteiger partial charge >= 0.3 is 6.18 Å². The summed E-state index contributed by atoms with van der Waals surface area (Å²) in [7, 11) is 3.98. The molecule has 0 aliphatic rings. The molecule has 1 N–H and O–H groups in total. The molecule has 0 aliphatic heterocycles. The van der Waals surface area contributed by atoms with Crippen LogP contribution in [0.25, 0.3) is 0 Å². The van der Waals surface area contributed by atoms with Crippen molar-refractivity contribution in [3.8, 4) is 0 Å². The molecule has 0 bridgehead atoms.